The summed E-state index contributed by atoms with van der Waals surface area (Å²) >= 11 is 0. The van der Waals surface area contributed by atoms with Crippen LogP contribution in [0.2, 0.25) is 0 Å². The van der Waals surface area contributed by atoms with E-state index in [1.165, 1.54) is 0 Å². The van der Waals surface area contributed by atoms with Crippen LogP contribution in [0.3, 0.4) is 0 Å². The molecule has 0 aromatic carbocycles. The average Bonchev–Trinajstić information content (AvgIpc) is 2.24. The minimum Gasteiger partial charge on any atom is -0.464 e. The molecule has 0 radical (unpaired) electrons. The van der Waals surface area contributed by atoms with Crippen molar-refractivity contribution >= 4 is 5.97 Å². The van der Waals surface area contributed by atoms with Gasteiger partial charge in [-0.1, -0.05) is 13.8 Å². The molecule has 0 fully saturated rings. The maximum atomic E-state index is 10.9. The van der Waals surface area contributed by atoms with Crippen molar-refractivity contribution in [3.05, 3.63) is 0 Å². The lowest BCUT2D eigenvalue weighted by Gasteiger charge is -2.14. The third-order valence-electron chi connectivity index (χ3n) is 2.19. The average molecular weight is 217 g/mol. The molecule has 0 heterocycles. The molecule has 0 amide bonds. The summed E-state index contributed by atoms with van der Waals surface area (Å²) in [6, 6.07) is 0.552. The Kier molecular flexibility index (Phi) is 9.52. The van der Waals surface area contributed by atoms with Crippen molar-refractivity contribution in [1.29, 1.82) is 0 Å². The minimum absolute atomic E-state index is 0.0540. The number of hydrogen-bond acceptors (Lipinski definition) is 4. The second kappa shape index (κ2) is 9.93. The van der Waals surface area contributed by atoms with Gasteiger partial charge in [-0.05, 0) is 19.8 Å². The first kappa shape index (κ1) is 14.4. The van der Waals surface area contributed by atoms with E-state index in [-0.39, 0.29) is 12.6 Å². The molecule has 0 bridgehead atoms. The molecule has 0 aliphatic carbocycles. The zero-order valence-electron chi connectivity index (χ0n) is 10.0. The van der Waals surface area contributed by atoms with Crippen LogP contribution in [0, 0.1) is 0 Å². The van der Waals surface area contributed by atoms with E-state index in [1.807, 2.05) is 0 Å². The lowest BCUT2D eigenvalue weighted by molar-refractivity contribution is -0.148. The van der Waals surface area contributed by atoms with Gasteiger partial charge in [0.15, 0.2) is 0 Å². The van der Waals surface area contributed by atoms with E-state index in [9.17, 15) is 4.79 Å². The van der Waals surface area contributed by atoms with E-state index < -0.39 is 0 Å². The largest absolute Gasteiger partial charge is 0.464 e. The van der Waals surface area contributed by atoms with Gasteiger partial charge in [-0.25, -0.2) is 4.79 Å². The van der Waals surface area contributed by atoms with Crippen LogP contribution in [0.4, 0.5) is 0 Å². The maximum absolute atomic E-state index is 10.9. The molecule has 0 spiro atoms. The summed E-state index contributed by atoms with van der Waals surface area (Å²) in [4.78, 5) is 10.9. The molecule has 0 rings (SSSR count). The fourth-order valence-corrected chi connectivity index (χ4v) is 1.27. The number of hydrogen-bond donors (Lipinski definition) is 1. The molecule has 4 nitrogen and oxygen atoms in total. The molecule has 90 valence electrons. The Hall–Kier alpha value is -0.610. The molecule has 0 aromatic rings. The lowest BCUT2D eigenvalue weighted by atomic mass is 10.2. The highest BCUT2D eigenvalue weighted by Gasteiger charge is 2.03. The predicted octanol–water partition coefficient (Wildman–Crippen LogP) is 1.34. The number of nitrogens with one attached hydrogen (secondary N) is 1. The summed E-state index contributed by atoms with van der Waals surface area (Å²) in [5, 5.41) is 3.35. The summed E-state index contributed by atoms with van der Waals surface area (Å²) in [6.45, 7) is 7.89. The van der Waals surface area contributed by atoms with E-state index >= 15 is 0 Å². The van der Waals surface area contributed by atoms with Crippen LogP contribution < -0.4 is 5.32 Å². The molecule has 0 saturated carbocycles. The molecular weight excluding hydrogens is 194 g/mol. The second-order valence-electron chi connectivity index (χ2n) is 3.33. The third-order valence-corrected chi connectivity index (χ3v) is 2.19. The summed E-state index contributed by atoms with van der Waals surface area (Å²) < 4.78 is 9.88. The molecule has 0 unspecified atom stereocenters. The Bertz CT molecular complexity index is 158. The molecule has 0 saturated heterocycles. The number of esters is 1. The van der Waals surface area contributed by atoms with E-state index in [2.05, 4.69) is 19.2 Å². The topological polar surface area (TPSA) is 47.6 Å². The first-order chi connectivity index (χ1) is 7.24. The van der Waals surface area contributed by atoms with Gasteiger partial charge in [-0.2, -0.15) is 0 Å². The maximum Gasteiger partial charge on any atom is 0.332 e. The molecule has 0 aliphatic heterocycles. The Labute approximate surface area is 92.3 Å². The first-order valence-corrected chi connectivity index (χ1v) is 5.71. The van der Waals surface area contributed by atoms with Crippen molar-refractivity contribution in [2.24, 2.45) is 0 Å². The summed E-state index contributed by atoms with van der Waals surface area (Å²) in [5.74, 6) is -0.292. The van der Waals surface area contributed by atoms with Crippen molar-refractivity contribution in [2.75, 3.05) is 26.4 Å². The van der Waals surface area contributed by atoms with E-state index in [4.69, 9.17) is 9.47 Å². The molecule has 0 aromatic heterocycles. The van der Waals surface area contributed by atoms with Crippen LogP contribution in [-0.2, 0) is 14.3 Å². The molecule has 0 aliphatic rings. The van der Waals surface area contributed by atoms with Crippen molar-refractivity contribution in [2.45, 2.75) is 39.7 Å². The molecule has 0 atom stereocenters. The number of carbonyl (C=O) groups is 1. The van der Waals surface area contributed by atoms with Crippen molar-refractivity contribution in [1.82, 2.24) is 5.32 Å². The summed E-state index contributed by atoms with van der Waals surface area (Å²) in [7, 11) is 0. The predicted molar refractivity (Wildman–Crippen MR) is 59.8 cm³/mol. The zero-order valence-corrected chi connectivity index (χ0v) is 10.0. The SMILES string of the molecule is CCOC(=O)COCCNC(CC)CC. The number of rotatable bonds is 9. The van der Waals surface area contributed by atoms with Gasteiger partial charge in [0.1, 0.15) is 6.61 Å². The zero-order chi connectivity index (χ0) is 11.5. The van der Waals surface area contributed by atoms with Gasteiger partial charge >= 0.3 is 5.97 Å². The van der Waals surface area contributed by atoms with Gasteiger partial charge in [-0.3, -0.25) is 0 Å². The summed E-state index contributed by atoms with van der Waals surface area (Å²) in [5.41, 5.74) is 0. The Morgan fingerprint density at radius 3 is 2.47 bits per heavy atom. The minimum atomic E-state index is -0.292. The third kappa shape index (κ3) is 8.39. The standard InChI is InChI=1S/C11H23NO3/c1-4-10(5-2)12-7-8-14-9-11(13)15-6-3/h10,12H,4-9H2,1-3H3. The highest BCUT2D eigenvalue weighted by molar-refractivity contribution is 5.70. The van der Waals surface area contributed by atoms with Crippen LogP contribution >= 0.6 is 0 Å². The Balaban J connectivity index is 3.27. The van der Waals surface area contributed by atoms with E-state index in [1.54, 1.807) is 6.92 Å². The molecular formula is C11H23NO3. The lowest BCUT2D eigenvalue weighted by Crippen LogP contribution is -2.31. The van der Waals surface area contributed by atoms with Crippen LogP contribution in [0.25, 0.3) is 0 Å². The van der Waals surface area contributed by atoms with Gasteiger partial charge in [0.25, 0.3) is 0 Å². The van der Waals surface area contributed by atoms with Crippen molar-refractivity contribution in [3.8, 4) is 0 Å². The fourth-order valence-electron chi connectivity index (χ4n) is 1.27. The van der Waals surface area contributed by atoms with Gasteiger partial charge < -0.3 is 14.8 Å². The highest BCUT2D eigenvalue weighted by Crippen LogP contribution is 1.94. The molecule has 15 heavy (non-hydrogen) atoms. The Morgan fingerprint density at radius 2 is 1.93 bits per heavy atom. The number of ether oxygens (including phenoxy) is 2. The number of carbonyl (C=O) groups excluding carboxylic acids is 1. The second-order valence-corrected chi connectivity index (χ2v) is 3.33. The highest BCUT2D eigenvalue weighted by atomic mass is 16.6. The smallest absolute Gasteiger partial charge is 0.332 e. The summed E-state index contributed by atoms with van der Waals surface area (Å²) in [6.07, 6.45) is 2.24. The van der Waals surface area contributed by atoms with Gasteiger partial charge in [0.2, 0.25) is 0 Å². The van der Waals surface area contributed by atoms with E-state index in [0.29, 0.717) is 19.3 Å². The first-order valence-electron chi connectivity index (χ1n) is 5.71. The van der Waals surface area contributed by atoms with Crippen molar-refractivity contribution < 1.29 is 14.3 Å². The van der Waals surface area contributed by atoms with Crippen LogP contribution in [0.15, 0.2) is 0 Å². The normalized spacial score (nSPS) is 10.7. The van der Waals surface area contributed by atoms with Crippen LogP contribution in [-0.4, -0.2) is 38.4 Å². The monoisotopic (exact) mass is 217 g/mol. The fraction of sp³-hybridized carbons (Fsp3) is 0.909. The quantitative estimate of drug-likeness (QED) is 0.468. The van der Waals surface area contributed by atoms with Gasteiger partial charge in [0, 0.05) is 12.6 Å². The Morgan fingerprint density at radius 1 is 1.27 bits per heavy atom. The van der Waals surface area contributed by atoms with Gasteiger partial charge in [-0.15, -0.1) is 0 Å². The molecule has 1 N–H and O–H groups in total. The molecule has 4 heteroatoms. The van der Waals surface area contributed by atoms with Crippen LogP contribution in [0.5, 0.6) is 0 Å². The van der Waals surface area contributed by atoms with Crippen molar-refractivity contribution in [3.63, 3.8) is 0 Å². The van der Waals surface area contributed by atoms with E-state index in [0.717, 1.165) is 19.4 Å². The van der Waals surface area contributed by atoms with Crippen LogP contribution in [0.1, 0.15) is 33.6 Å². The van der Waals surface area contributed by atoms with Gasteiger partial charge in [0.05, 0.1) is 13.2 Å².